The van der Waals surface area contributed by atoms with E-state index < -0.39 is 5.92 Å². The van der Waals surface area contributed by atoms with Gasteiger partial charge < -0.3 is 28.1 Å². The van der Waals surface area contributed by atoms with Gasteiger partial charge in [-0.25, -0.2) is 0 Å². The predicted octanol–water partition coefficient (Wildman–Crippen LogP) is 5.98. The number of carbonyl (C=O) groups excluding carboxylic acids is 2. The van der Waals surface area contributed by atoms with Crippen molar-refractivity contribution < 1.29 is 37.7 Å². The summed E-state index contributed by atoms with van der Waals surface area (Å²) >= 11 is 0. The number of esters is 1. The Balaban J connectivity index is 1.36. The molecule has 40 heavy (non-hydrogen) atoms. The second-order valence-electron chi connectivity index (χ2n) is 9.37. The molecule has 0 radical (unpaired) electrons. The van der Waals surface area contributed by atoms with Crippen molar-refractivity contribution in [1.82, 2.24) is 0 Å². The molecule has 2 aliphatic rings. The van der Waals surface area contributed by atoms with E-state index in [9.17, 15) is 9.59 Å². The molecule has 0 saturated heterocycles. The normalized spacial score (nSPS) is 16.6. The number of furan rings is 1. The fourth-order valence-corrected chi connectivity index (χ4v) is 5.06. The van der Waals surface area contributed by atoms with Crippen LogP contribution in [0.5, 0.6) is 28.7 Å². The molecular weight excluding hydrogens is 512 g/mol. The number of hydrogen-bond donors (Lipinski definition) is 0. The summed E-state index contributed by atoms with van der Waals surface area (Å²) in [5.74, 6) is 2.04. The topological polar surface area (TPSA) is 93.4 Å². The minimum absolute atomic E-state index is 0.0419. The van der Waals surface area contributed by atoms with Crippen LogP contribution < -0.4 is 23.7 Å². The van der Waals surface area contributed by atoms with Gasteiger partial charge in [-0.15, -0.1) is 0 Å². The second-order valence-corrected chi connectivity index (χ2v) is 9.37. The van der Waals surface area contributed by atoms with Crippen molar-refractivity contribution in [3.05, 3.63) is 107 Å². The molecule has 2 aliphatic heterocycles. The molecule has 8 nitrogen and oxygen atoms in total. The molecule has 0 bridgehead atoms. The number of ether oxygens (including phenoxy) is 5. The van der Waals surface area contributed by atoms with Gasteiger partial charge in [0.15, 0.2) is 17.3 Å². The van der Waals surface area contributed by atoms with Crippen molar-refractivity contribution in [2.75, 3.05) is 20.8 Å². The molecule has 0 saturated carbocycles. The Labute approximate surface area is 230 Å². The van der Waals surface area contributed by atoms with Crippen molar-refractivity contribution in [2.24, 2.45) is 0 Å². The standard InChI is InChI=1S/C32H26O8/c1-35-20-10-8-19(9-11-20)14-16-38-31-22(6-3-7-26(31)36-2)24-18-28(33)39-25-13-12-23-30(34)27(40-32(23)29(24)25)17-21-5-4-15-37-21/h3-13,15,17,24H,14,16,18H2,1-2H3/b27-17-. The number of rotatable bonds is 8. The molecule has 3 heterocycles. The molecule has 1 unspecified atom stereocenters. The van der Waals surface area contributed by atoms with Crippen LogP contribution in [0, 0.1) is 0 Å². The summed E-state index contributed by atoms with van der Waals surface area (Å²) in [4.78, 5) is 25.9. The van der Waals surface area contributed by atoms with Gasteiger partial charge in [0.1, 0.15) is 23.0 Å². The molecule has 0 N–H and O–H groups in total. The number of fused-ring (bicyclic) bond motifs is 3. The first-order valence-corrected chi connectivity index (χ1v) is 12.8. The number of Topliss-reactive ketones (excluding diaryl/α,β-unsaturated/α-hetero) is 1. The number of benzene rings is 3. The van der Waals surface area contributed by atoms with E-state index in [1.165, 1.54) is 6.26 Å². The third-order valence-corrected chi connectivity index (χ3v) is 7.00. The highest BCUT2D eigenvalue weighted by molar-refractivity contribution is 6.15. The first kappa shape index (κ1) is 25.3. The Hall–Kier alpha value is -4.98. The predicted molar refractivity (Wildman–Crippen MR) is 145 cm³/mol. The zero-order chi connectivity index (χ0) is 27.6. The molecule has 0 amide bonds. The van der Waals surface area contributed by atoms with Gasteiger partial charge in [0.05, 0.1) is 39.1 Å². The van der Waals surface area contributed by atoms with Crippen molar-refractivity contribution in [3.8, 4) is 28.7 Å². The van der Waals surface area contributed by atoms with Gasteiger partial charge in [-0.05, 0) is 48.0 Å². The highest BCUT2D eigenvalue weighted by Gasteiger charge is 2.40. The van der Waals surface area contributed by atoms with Gasteiger partial charge in [-0.3, -0.25) is 9.59 Å². The molecule has 0 spiro atoms. The molecular formula is C32H26O8. The zero-order valence-corrected chi connectivity index (χ0v) is 22.0. The van der Waals surface area contributed by atoms with Crippen molar-refractivity contribution in [3.63, 3.8) is 0 Å². The first-order valence-electron chi connectivity index (χ1n) is 12.8. The lowest BCUT2D eigenvalue weighted by Crippen LogP contribution is -2.22. The van der Waals surface area contributed by atoms with Crippen LogP contribution >= 0.6 is 0 Å². The summed E-state index contributed by atoms with van der Waals surface area (Å²) in [6.45, 7) is 0.377. The maximum absolute atomic E-state index is 13.2. The molecule has 0 fully saturated rings. The Morgan fingerprint density at radius 1 is 0.925 bits per heavy atom. The second kappa shape index (κ2) is 10.6. The van der Waals surface area contributed by atoms with Crippen LogP contribution in [0.4, 0.5) is 0 Å². The Bertz CT molecular complexity index is 1600. The highest BCUT2D eigenvalue weighted by Crippen LogP contribution is 2.51. The summed E-state index contributed by atoms with van der Waals surface area (Å²) in [7, 11) is 3.21. The van der Waals surface area contributed by atoms with Crippen molar-refractivity contribution in [1.29, 1.82) is 0 Å². The van der Waals surface area contributed by atoms with E-state index in [1.807, 2.05) is 42.5 Å². The number of methoxy groups -OCH3 is 2. The van der Waals surface area contributed by atoms with E-state index in [2.05, 4.69) is 0 Å². The molecule has 0 aliphatic carbocycles. The number of ketones is 1. The Morgan fingerprint density at radius 3 is 2.52 bits per heavy atom. The lowest BCUT2D eigenvalue weighted by molar-refractivity contribution is -0.135. The Morgan fingerprint density at radius 2 is 1.77 bits per heavy atom. The number of para-hydroxylation sites is 1. The van der Waals surface area contributed by atoms with Gasteiger partial charge in [-0.2, -0.15) is 0 Å². The summed E-state index contributed by atoms with van der Waals surface area (Å²) in [5.41, 5.74) is 2.83. The molecule has 202 valence electrons. The minimum atomic E-state index is -0.493. The van der Waals surface area contributed by atoms with Crippen LogP contribution in [0.3, 0.4) is 0 Å². The van der Waals surface area contributed by atoms with E-state index in [4.69, 9.17) is 28.1 Å². The van der Waals surface area contributed by atoms with Gasteiger partial charge in [0, 0.05) is 29.5 Å². The monoisotopic (exact) mass is 538 g/mol. The van der Waals surface area contributed by atoms with Gasteiger partial charge >= 0.3 is 5.97 Å². The van der Waals surface area contributed by atoms with Gasteiger partial charge in [0.25, 0.3) is 0 Å². The van der Waals surface area contributed by atoms with Crippen LogP contribution in [0.15, 0.2) is 83.2 Å². The largest absolute Gasteiger partial charge is 0.497 e. The SMILES string of the molecule is COc1ccc(CCOc2c(OC)cccc2C2CC(=O)Oc3ccc4c(c32)O/C(=C\c2ccco2)C4=O)cc1. The molecule has 3 aromatic carbocycles. The van der Waals surface area contributed by atoms with E-state index in [1.54, 1.807) is 44.6 Å². The van der Waals surface area contributed by atoms with Crippen LogP contribution in [0.2, 0.25) is 0 Å². The number of allylic oxidation sites excluding steroid dienone is 1. The molecule has 1 aromatic heterocycles. The number of hydrogen-bond acceptors (Lipinski definition) is 8. The smallest absolute Gasteiger partial charge is 0.312 e. The van der Waals surface area contributed by atoms with Crippen LogP contribution in [0.25, 0.3) is 6.08 Å². The highest BCUT2D eigenvalue weighted by atomic mass is 16.5. The summed E-state index contributed by atoms with van der Waals surface area (Å²) in [6, 6.07) is 20.1. The van der Waals surface area contributed by atoms with Crippen LogP contribution in [-0.4, -0.2) is 32.6 Å². The average Bonchev–Trinajstić information content (AvgIpc) is 3.60. The van der Waals surface area contributed by atoms with Crippen molar-refractivity contribution >= 4 is 17.8 Å². The summed E-state index contributed by atoms with van der Waals surface area (Å²) < 4.78 is 34.3. The van der Waals surface area contributed by atoms with Crippen LogP contribution in [0.1, 0.15) is 45.1 Å². The third-order valence-electron chi connectivity index (χ3n) is 7.00. The zero-order valence-electron chi connectivity index (χ0n) is 22.0. The van der Waals surface area contributed by atoms with E-state index in [0.717, 1.165) is 16.9 Å². The lowest BCUT2D eigenvalue weighted by Gasteiger charge is -2.28. The average molecular weight is 539 g/mol. The molecule has 6 rings (SSSR count). The summed E-state index contributed by atoms with van der Waals surface area (Å²) in [5, 5.41) is 0. The van der Waals surface area contributed by atoms with E-state index in [-0.39, 0.29) is 23.9 Å². The maximum Gasteiger partial charge on any atom is 0.312 e. The third kappa shape index (κ3) is 4.68. The van der Waals surface area contributed by atoms with Crippen molar-refractivity contribution in [2.45, 2.75) is 18.8 Å². The molecule has 4 aromatic rings. The van der Waals surface area contributed by atoms with Gasteiger partial charge in [-0.1, -0.05) is 24.3 Å². The maximum atomic E-state index is 13.2. The van der Waals surface area contributed by atoms with Crippen LogP contribution in [-0.2, 0) is 11.2 Å². The fraction of sp³-hybridized carbons (Fsp3) is 0.188. The van der Waals surface area contributed by atoms with E-state index >= 15 is 0 Å². The molecule has 8 heteroatoms. The summed E-state index contributed by atoms with van der Waals surface area (Å²) in [6.07, 6.45) is 3.77. The van der Waals surface area contributed by atoms with Gasteiger partial charge in [0.2, 0.25) is 5.78 Å². The minimum Gasteiger partial charge on any atom is -0.497 e. The van der Waals surface area contributed by atoms with E-state index in [0.29, 0.717) is 52.9 Å². The first-order chi connectivity index (χ1) is 19.6. The quantitative estimate of drug-likeness (QED) is 0.154. The lowest BCUT2D eigenvalue weighted by atomic mass is 9.84. The number of carbonyl (C=O) groups is 2. The molecule has 1 atom stereocenters. The Kier molecular flexibility index (Phi) is 6.74. The fourth-order valence-electron chi connectivity index (χ4n) is 5.06.